The molecule has 0 saturated heterocycles. The smallest absolute Gasteiger partial charge is 0.155 e. The zero-order valence-corrected chi connectivity index (χ0v) is 10.2. The van der Waals surface area contributed by atoms with Crippen molar-refractivity contribution in [2.45, 2.75) is 38.6 Å². The number of aliphatic imine (C=N–C) groups is 1. The van der Waals surface area contributed by atoms with E-state index in [1.165, 1.54) is 0 Å². The van der Waals surface area contributed by atoms with Gasteiger partial charge in [0.25, 0.3) is 0 Å². The van der Waals surface area contributed by atoms with Crippen LogP contribution in [0.25, 0.3) is 0 Å². The summed E-state index contributed by atoms with van der Waals surface area (Å²) in [6.45, 7) is 5.08. The number of fused-ring (bicyclic) bond motifs is 1. The van der Waals surface area contributed by atoms with Crippen molar-refractivity contribution in [2.24, 2.45) is 4.99 Å². The van der Waals surface area contributed by atoms with Crippen LogP contribution in [0.5, 0.6) is 0 Å². The molecule has 1 aromatic rings. The van der Waals surface area contributed by atoms with Crippen molar-refractivity contribution in [1.82, 2.24) is 9.55 Å². The van der Waals surface area contributed by atoms with Gasteiger partial charge in [-0.15, -0.1) is 0 Å². The Kier molecular flexibility index (Phi) is 3.39. The number of imidazole rings is 1. The highest BCUT2D eigenvalue weighted by atomic mass is 16.5. The van der Waals surface area contributed by atoms with Crippen molar-refractivity contribution in [3.63, 3.8) is 0 Å². The van der Waals surface area contributed by atoms with E-state index in [0.717, 1.165) is 31.0 Å². The van der Waals surface area contributed by atoms with Crippen LogP contribution in [0.2, 0.25) is 0 Å². The average Bonchev–Trinajstić information content (AvgIpc) is 2.70. The molecule has 0 bridgehead atoms. The second-order valence-corrected chi connectivity index (χ2v) is 4.48. The first-order chi connectivity index (χ1) is 7.74. The summed E-state index contributed by atoms with van der Waals surface area (Å²) in [4.78, 5) is 8.97. The fraction of sp³-hybridized carbons (Fsp3) is 0.667. The van der Waals surface area contributed by atoms with Gasteiger partial charge in [0.05, 0.1) is 12.0 Å². The predicted octanol–water partition coefficient (Wildman–Crippen LogP) is 2.69. The molecule has 1 aromatic heterocycles. The minimum absolute atomic E-state index is 0.412. The molecule has 0 spiro atoms. The van der Waals surface area contributed by atoms with Gasteiger partial charge >= 0.3 is 0 Å². The first-order valence-corrected chi connectivity index (χ1v) is 5.82. The maximum absolute atomic E-state index is 5.13. The first kappa shape index (κ1) is 11.3. The fourth-order valence-corrected chi connectivity index (χ4v) is 2.06. The molecule has 88 valence electrons. The van der Waals surface area contributed by atoms with Gasteiger partial charge in [-0.2, -0.15) is 0 Å². The lowest BCUT2D eigenvalue weighted by Gasteiger charge is -2.18. The lowest BCUT2D eigenvalue weighted by atomic mass is 9.96. The number of aromatic nitrogens is 2. The second kappa shape index (κ2) is 4.78. The maximum Gasteiger partial charge on any atom is 0.155 e. The van der Waals surface area contributed by atoms with Gasteiger partial charge < -0.3 is 9.30 Å². The quantitative estimate of drug-likeness (QED) is 0.784. The van der Waals surface area contributed by atoms with Gasteiger partial charge in [0.2, 0.25) is 0 Å². The standard InChI is InChI=1S/C12H19N3O/c1-9(2)15-8-14-11-10(5-7-16-3)4-6-13-12(11)15/h6,8-10H,4-5,7H2,1-3H3. The normalized spacial score (nSPS) is 19.1. The van der Waals surface area contributed by atoms with E-state index in [4.69, 9.17) is 4.74 Å². The summed E-state index contributed by atoms with van der Waals surface area (Å²) in [5.41, 5.74) is 1.13. The molecule has 1 atom stereocenters. The number of hydrogen-bond donors (Lipinski definition) is 0. The molecule has 1 aliphatic heterocycles. The molecule has 2 rings (SSSR count). The third kappa shape index (κ3) is 2.02. The molecule has 0 fully saturated rings. The van der Waals surface area contributed by atoms with Crippen LogP contribution in [-0.4, -0.2) is 29.5 Å². The molecule has 1 aliphatic rings. The summed E-state index contributed by atoms with van der Waals surface area (Å²) in [7, 11) is 1.74. The van der Waals surface area contributed by atoms with Crippen molar-refractivity contribution in [3.8, 4) is 0 Å². The second-order valence-electron chi connectivity index (χ2n) is 4.48. The molecular formula is C12H19N3O. The van der Waals surface area contributed by atoms with Crippen LogP contribution in [0.4, 0.5) is 5.82 Å². The Hall–Kier alpha value is -1.16. The van der Waals surface area contributed by atoms with Crippen LogP contribution in [0.3, 0.4) is 0 Å². The highest BCUT2D eigenvalue weighted by Gasteiger charge is 2.23. The molecule has 0 N–H and O–H groups in total. The Morgan fingerprint density at radius 3 is 3.06 bits per heavy atom. The van der Waals surface area contributed by atoms with Crippen LogP contribution in [0.1, 0.15) is 44.3 Å². The summed E-state index contributed by atoms with van der Waals surface area (Å²) in [5.74, 6) is 1.50. The monoisotopic (exact) mass is 221 g/mol. The topological polar surface area (TPSA) is 39.4 Å². The van der Waals surface area contributed by atoms with Gasteiger partial charge in [-0.25, -0.2) is 9.98 Å². The minimum Gasteiger partial charge on any atom is -0.385 e. The van der Waals surface area contributed by atoms with E-state index >= 15 is 0 Å². The number of ether oxygens (including phenoxy) is 1. The molecule has 0 amide bonds. The SMILES string of the molecule is COCCC1CC=Nc2c1ncn2C(C)C. The van der Waals surface area contributed by atoms with E-state index in [1.54, 1.807) is 7.11 Å². The van der Waals surface area contributed by atoms with Crippen molar-refractivity contribution in [1.29, 1.82) is 0 Å². The van der Waals surface area contributed by atoms with Crippen LogP contribution >= 0.6 is 0 Å². The molecule has 1 unspecified atom stereocenters. The third-order valence-electron chi connectivity index (χ3n) is 3.01. The molecule has 16 heavy (non-hydrogen) atoms. The van der Waals surface area contributed by atoms with E-state index in [1.807, 2.05) is 12.5 Å². The van der Waals surface area contributed by atoms with Crippen molar-refractivity contribution < 1.29 is 4.74 Å². The number of nitrogens with zero attached hydrogens (tertiary/aromatic N) is 3. The van der Waals surface area contributed by atoms with E-state index in [0.29, 0.717) is 12.0 Å². The highest BCUT2D eigenvalue weighted by molar-refractivity contribution is 5.67. The molecule has 0 aliphatic carbocycles. The Bertz CT molecular complexity index is 382. The summed E-state index contributed by atoms with van der Waals surface area (Å²) >= 11 is 0. The molecule has 0 aromatic carbocycles. The molecule has 4 nitrogen and oxygen atoms in total. The third-order valence-corrected chi connectivity index (χ3v) is 3.01. The largest absolute Gasteiger partial charge is 0.385 e. The van der Waals surface area contributed by atoms with E-state index < -0.39 is 0 Å². The Morgan fingerprint density at radius 2 is 2.38 bits per heavy atom. The summed E-state index contributed by atoms with van der Waals surface area (Å²) in [6.07, 6.45) is 5.90. The molecular weight excluding hydrogens is 202 g/mol. The maximum atomic E-state index is 5.13. The van der Waals surface area contributed by atoms with Gasteiger partial charge in [-0.05, 0) is 26.7 Å². The van der Waals surface area contributed by atoms with Crippen molar-refractivity contribution >= 4 is 12.0 Å². The fourth-order valence-electron chi connectivity index (χ4n) is 2.06. The van der Waals surface area contributed by atoms with Crippen LogP contribution in [0, 0.1) is 0 Å². The average molecular weight is 221 g/mol. The summed E-state index contributed by atoms with van der Waals surface area (Å²) < 4.78 is 7.26. The lowest BCUT2D eigenvalue weighted by Crippen LogP contribution is -2.09. The predicted molar refractivity (Wildman–Crippen MR) is 64.6 cm³/mol. The first-order valence-electron chi connectivity index (χ1n) is 5.82. The zero-order chi connectivity index (χ0) is 11.5. The molecule has 0 saturated carbocycles. The van der Waals surface area contributed by atoms with Crippen LogP contribution < -0.4 is 0 Å². The number of rotatable bonds is 4. The van der Waals surface area contributed by atoms with E-state index in [-0.39, 0.29) is 0 Å². The number of hydrogen-bond acceptors (Lipinski definition) is 3. The Balaban J connectivity index is 2.24. The van der Waals surface area contributed by atoms with E-state index in [2.05, 4.69) is 28.4 Å². The van der Waals surface area contributed by atoms with Crippen LogP contribution in [0.15, 0.2) is 11.3 Å². The van der Waals surface area contributed by atoms with Gasteiger partial charge in [0.1, 0.15) is 0 Å². The van der Waals surface area contributed by atoms with Gasteiger partial charge in [0, 0.05) is 31.9 Å². The lowest BCUT2D eigenvalue weighted by molar-refractivity contribution is 0.188. The van der Waals surface area contributed by atoms with Gasteiger partial charge in [0.15, 0.2) is 5.82 Å². The van der Waals surface area contributed by atoms with E-state index in [9.17, 15) is 0 Å². The minimum atomic E-state index is 0.412. The van der Waals surface area contributed by atoms with Crippen molar-refractivity contribution in [2.75, 3.05) is 13.7 Å². The molecule has 4 heteroatoms. The van der Waals surface area contributed by atoms with Crippen molar-refractivity contribution in [3.05, 3.63) is 12.0 Å². The zero-order valence-electron chi connectivity index (χ0n) is 10.2. The Morgan fingerprint density at radius 1 is 1.56 bits per heavy atom. The Labute approximate surface area is 96.4 Å². The molecule has 0 radical (unpaired) electrons. The summed E-state index contributed by atoms with van der Waals surface area (Å²) in [6, 6.07) is 0.412. The highest BCUT2D eigenvalue weighted by Crippen LogP contribution is 2.35. The number of methoxy groups -OCH3 is 1. The van der Waals surface area contributed by atoms with Gasteiger partial charge in [-0.1, -0.05) is 0 Å². The van der Waals surface area contributed by atoms with Crippen LogP contribution in [-0.2, 0) is 4.74 Å². The molecule has 2 heterocycles. The summed E-state index contributed by atoms with van der Waals surface area (Å²) in [5, 5.41) is 0. The van der Waals surface area contributed by atoms with Gasteiger partial charge in [-0.3, -0.25) is 0 Å².